The van der Waals surface area contributed by atoms with Crippen molar-refractivity contribution >= 4 is 11.6 Å². The number of nitrogens with one attached hydrogen (secondary N) is 1. The van der Waals surface area contributed by atoms with Crippen molar-refractivity contribution in [2.45, 2.75) is 39.5 Å². The summed E-state index contributed by atoms with van der Waals surface area (Å²) in [6.45, 7) is 6.85. The monoisotopic (exact) mass is 311 g/mol. The van der Waals surface area contributed by atoms with Crippen molar-refractivity contribution in [1.29, 1.82) is 0 Å². The van der Waals surface area contributed by atoms with Crippen molar-refractivity contribution in [1.82, 2.24) is 0 Å². The van der Waals surface area contributed by atoms with Gasteiger partial charge in [-0.1, -0.05) is 50.2 Å². The molecule has 0 spiro atoms. The van der Waals surface area contributed by atoms with E-state index in [1.54, 1.807) is 0 Å². The molecule has 0 saturated heterocycles. The SMILES string of the molecule is Cc1cccc(C(C)C)c1NC(=O)CCCOc1ccccc1. The van der Waals surface area contributed by atoms with Gasteiger partial charge in [0.25, 0.3) is 0 Å². The number of hydrogen-bond donors (Lipinski definition) is 1. The van der Waals surface area contributed by atoms with Gasteiger partial charge in [0, 0.05) is 12.1 Å². The van der Waals surface area contributed by atoms with Gasteiger partial charge >= 0.3 is 0 Å². The molecule has 1 amide bonds. The van der Waals surface area contributed by atoms with Crippen LogP contribution in [0.15, 0.2) is 48.5 Å². The van der Waals surface area contributed by atoms with Crippen molar-refractivity contribution < 1.29 is 9.53 Å². The minimum Gasteiger partial charge on any atom is -0.494 e. The summed E-state index contributed by atoms with van der Waals surface area (Å²) in [6, 6.07) is 15.8. The molecule has 3 heteroatoms. The number of carbonyl (C=O) groups is 1. The van der Waals surface area contributed by atoms with Crippen molar-refractivity contribution in [2.75, 3.05) is 11.9 Å². The number of aryl methyl sites for hydroxylation is 1. The topological polar surface area (TPSA) is 38.3 Å². The lowest BCUT2D eigenvalue weighted by atomic mass is 9.98. The summed E-state index contributed by atoms with van der Waals surface area (Å²) in [4.78, 5) is 12.2. The lowest BCUT2D eigenvalue weighted by molar-refractivity contribution is -0.116. The number of para-hydroxylation sites is 2. The zero-order valence-electron chi connectivity index (χ0n) is 14.1. The second-order valence-electron chi connectivity index (χ2n) is 6.01. The summed E-state index contributed by atoms with van der Waals surface area (Å²) in [7, 11) is 0. The molecule has 0 heterocycles. The van der Waals surface area contributed by atoms with Crippen LogP contribution in [0, 0.1) is 6.92 Å². The van der Waals surface area contributed by atoms with Gasteiger partial charge in [-0.05, 0) is 42.5 Å². The maximum atomic E-state index is 12.2. The zero-order valence-corrected chi connectivity index (χ0v) is 14.1. The average Bonchev–Trinajstić information content (AvgIpc) is 2.54. The predicted octanol–water partition coefficient (Wildman–Crippen LogP) is 4.92. The Balaban J connectivity index is 1.83. The van der Waals surface area contributed by atoms with E-state index < -0.39 is 0 Å². The van der Waals surface area contributed by atoms with Gasteiger partial charge in [-0.15, -0.1) is 0 Å². The molecule has 0 aliphatic carbocycles. The van der Waals surface area contributed by atoms with Crippen molar-refractivity contribution in [2.24, 2.45) is 0 Å². The number of amides is 1. The van der Waals surface area contributed by atoms with Crippen LogP contribution in [0.5, 0.6) is 5.75 Å². The summed E-state index contributed by atoms with van der Waals surface area (Å²) in [6.07, 6.45) is 1.16. The van der Waals surface area contributed by atoms with E-state index >= 15 is 0 Å². The van der Waals surface area contributed by atoms with E-state index in [0.717, 1.165) is 17.0 Å². The van der Waals surface area contributed by atoms with E-state index in [1.807, 2.05) is 49.4 Å². The third-order valence-electron chi connectivity index (χ3n) is 3.75. The lowest BCUT2D eigenvalue weighted by Crippen LogP contribution is -2.15. The van der Waals surface area contributed by atoms with Gasteiger partial charge in [-0.3, -0.25) is 4.79 Å². The van der Waals surface area contributed by atoms with Crippen LogP contribution in [0.25, 0.3) is 0 Å². The fraction of sp³-hybridized carbons (Fsp3) is 0.350. The normalized spacial score (nSPS) is 10.6. The molecule has 0 atom stereocenters. The van der Waals surface area contributed by atoms with Gasteiger partial charge in [0.2, 0.25) is 5.91 Å². The van der Waals surface area contributed by atoms with E-state index in [4.69, 9.17) is 4.74 Å². The highest BCUT2D eigenvalue weighted by Gasteiger charge is 2.11. The minimum atomic E-state index is 0.0397. The number of benzene rings is 2. The van der Waals surface area contributed by atoms with Gasteiger partial charge in [0.05, 0.1) is 6.61 Å². The molecule has 2 rings (SSSR count). The zero-order chi connectivity index (χ0) is 16.7. The van der Waals surface area contributed by atoms with Crippen LogP contribution in [0.1, 0.15) is 43.7 Å². The largest absolute Gasteiger partial charge is 0.494 e. The first-order valence-corrected chi connectivity index (χ1v) is 8.15. The number of carbonyl (C=O) groups excluding carboxylic acids is 1. The van der Waals surface area contributed by atoms with Gasteiger partial charge in [0.15, 0.2) is 0 Å². The number of anilines is 1. The van der Waals surface area contributed by atoms with Gasteiger partial charge in [-0.25, -0.2) is 0 Å². The molecule has 0 aliphatic heterocycles. The molecular formula is C20H25NO2. The first-order valence-electron chi connectivity index (χ1n) is 8.15. The second-order valence-corrected chi connectivity index (χ2v) is 6.01. The van der Waals surface area contributed by atoms with Crippen LogP contribution in [0.3, 0.4) is 0 Å². The average molecular weight is 311 g/mol. The molecule has 0 fully saturated rings. The molecule has 0 saturated carbocycles. The Bertz CT molecular complexity index is 635. The highest BCUT2D eigenvalue weighted by molar-refractivity contribution is 5.92. The van der Waals surface area contributed by atoms with Crippen LogP contribution in [-0.4, -0.2) is 12.5 Å². The standard InChI is InChI=1S/C20H25NO2/c1-15(2)18-12-7-9-16(3)20(18)21-19(22)13-8-14-23-17-10-5-4-6-11-17/h4-7,9-12,15H,8,13-14H2,1-3H3,(H,21,22). The van der Waals surface area contributed by atoms with Crippen molar-refractivity contribution in [3.05, 3.63) is 59.7 Å². The van der Waals surface area contributed by atoms with Crippen molar-refractivity contribution in [3.8, 4) is 5.75 Å². The summed E-state index contributed by atoms with van der Waals surface area (Å²) < 4.78 is 5.61. The van der Waals surface area contributed by atoms with Crippen LogP contribution in [-0.2, 0) is 4.79 Å². The number of rotatable bonds is 7. The Morgan fingerprint density at radius 1 is 1.09 bits per heavy atom. The third-order valence-corrected chi connectivity index (χ3v) is 3.75. The van der Waals surface area contributed by atoms with Crippen molar-refractivity contribution in [3.63, 3.8) is 0 Å². The highest BCUT2D eigenvalue weighted by Crippen LogP contribution is 2.27. The quantitative estimate of drug-likeness (QED) is 0.737. The first-order chi connectivity index (χ1) is 11.1. The van der Waals surface area contributed by atoms with E-state index in [2.05, 4.69) is 25.2 Å². The molecular weight excluding hydrogens is 286 g/mol. The third kappa shape index (κ3) is 5.13. The summed E-state index contributed by atoms with van der Waals surface area (Å²) in [5.41, 5.74) is 3.24. The lowest BCUT2D eigenvalue weighted by Gasteiger charge is -2.16. The van der Waals surface area contributed by atoms with Crippen LogP contribution < -0.4 is 10.1 Å². The Kier molecular flexibility index (Phi) is 6.21. The number of ether oxygens (including phenoxy) is 1. The first kappa shape index (κ1) is 17.1. The van der Waals surface area contributed by atoms with Gasteiger partial charge in [0.1, 0.15) is 5.75 Å². The fourth-order valence-corrected chi connectivity index (χ4v) is 2.48. The Morgan fingerprint density at radius 3 is 2.52 bits per heavy atom. The molecule has 1 N–H and O–H groups in total. The molecule has 2 aromatic rings. The predicted molar refractivity (Wildman–Crippen MR) is 95.1 cm³/mol. The van der Waals surface area contributed by atoms with E-state index in [-0.39, 0.29) is 5.91 Å². The Hall–Kier alpha value is -2.29. The second kappa shape index (κ2) is 8.37. The molecule has 0 bridgehead atoms. The van der Waals surface area contributed by atoms with E-state index in [1.165, 1.54) is 5.56 Å². The molecule has 0 aromatic heterocycles. The molecule has 2 aromatic carbocycles. The Morgan fingerprint density at radius 2 is 1.83 bits per heavy atom. The molecule has 0 radical (unpaired) electrons. The summed E-state index contributed by atoms with van der Waals surface area (Å²) in [5, 5.41) is 3.06. The molecule has 122 valence electrons. The maximum Gasteiger partial charge on any atom is 0.224 e. The van der Waals surface area contributed by atoms with Gasteiger partial charge in [-0.2, -0.15) is 0 Å². The Labute approximate surface area is 138 Å². The van der Waals surface area contributed by atoms with Crippen LogP contribution in [0.4, 0.5) is 5.69 Å². The molecule has 3 nitrogen and oxygen atoms in total. The molecule has 0 aliphatic rings. The maximum absolute atomic E-state index is 12.2. The van der Waals surface area contributed by atoms with E-state index in [9.17, 15) is 4.79 Å². The summed E-state index contributed by atoms with van der Waals surface area (Å²) >= 11 is 0. The number of hydrogen-bond acceptors (Lipinski definition) is 2. The van der Waals surface area contributed by atoms with Gasteiger partial charge < -0.3 is 10.1 Å². The van der Waals surface area contributed by atoms with Crippen LogP contribution in [0.2, 0.25) is 0 Å². The molecule has 23 heavy (non-hydrogen) atoms. The smallest absolute Gasteiger partial charge is 0.224 e. The highest BCUT2D eigenvalue weighted by atomic mass is 16.5. The van der Waals surface area contributed by atoms with E-state index in [0.29, 0.717) is 25.4 Å². The fourth-order valence-electron chi connectivity index (χ4n) is 2.48. The summed E-state index contributed by atoms with van der Waals surface area (Å²) in [5.74, 6) is 1.26. The van der Waals surface area contributed by atoms with Crippen LogP contribution >= 0.6 is 0 Å². The molecule has 0 unspecified atom stereocenters. The minimum absolute atomic E-state index is 0.0397.